The number of ketones is 1. The number of nitrogens with one attached hydrogen (secondary N) is 1. The predicted molar refractivity (Wildman–Crippen MR) is 115 cm³/mol. The van der Waals surface area contributed by atoms with Crippen LogP contribution in [0.25, 0.3) is 5.52 Å². The van der Waals surface area contributed by atoms with Crippen molar-refractivity contribution in [2.45, 2.75) is 6.92 Å². The highest BCUT2D eigenvalue weighted by Gasteiger charge is 2.21. The van der Waals surface area contributed by atoms with Crippen molar-refractivity contribution in [2.24, 2.45) is 5.10 Å². The zero-order valence-corrected chi connectivity index (χ0v) is 16.5. The number of fused-ring (bicyclic) bond motifs is 1. The molecule has 6 nitrogen and oxygen atoms in total. The van der Waals surface area contributed by atoms with Gasteiger partial charge in [0.2, 0.25) is 5.78 Å². The highest BCUT2D eigenvalue weighted by Crippen LogP contribution is 2.24. The highest BCUT2D eigenvalue weighted by molar-refractivity contribution is 6.12. The van der Waals surface area contributed by atoms with Gasteiger partial charge in [0, 0.05) is 22.9 Å². The fraction of sp³-hybridized carbons (Fsp3) is 0.0417. The van der Waals surface area contributed by atoms with Gasteiger partial charge in [-0.15, -0.1) is 0 Å². The van der Waals surface area contributed by atoms with Crippen LogP contribution in [0.2, 0.25) is 0 Å². The van der Waals surface area contributed by atoms with Crippen molar-refractivity contribution in [2.75, 3.05) is 0 Å². The fourth-order valence-electron chi connectivity index (χ4n) is 3.37. The first kappa shape index (κ1) is 20.0. The molecule has 0 aliphatic carbocycles. The minimum absolute atomic E-state index is 0.0642. The standard InChI is InChI=1S/C24H18FN3O3/c1-15-20(14-26-27-24(31)17-7-11-19(29)12-8-17)21-4-2-3-13-28(21)22(15)23(30)16-5-9-18(25)10-6-16/h2-14,29H,1H3,(H,27,31)/b26-14-. The Labute approximate surface area is 177 Å². The molecule has 0 radical (unpaired) electrons. The Balaban J connectivity index is 1.67. The van der Waals surface area contributed by atoms with E-state index in [1.54, 1.807) is 23.6 Å². The van der Waals surface area contributed by atoms with Gasteiger partial charge in [0.1, 0.15) is 11.6 Å². The van der Waals surface area contributed by atoms with E-state index in [2.05, 4.69) is 10.5 Å². The van der Waals surface area contributed by atoms with E-state index in [1.165, 1.54) is 54.7 Å². The summed E-state index contributed by atoms with van der Waals surface area (Å²) in [6, 6.07) is 16.7. The van der Waals surface area contributed by atoms with Crippen LogP contribution in [0.1, 0.15) is 37.5 Å². The molecule has 0 aliphatic rings. The second kappa shape index (κ2) is 8.23. The van der Waals surface area contributed by atoms with Gasteiger partial charge in [-0.3, -0.25) is 9.59 Å². The number of carbonyl (C=O) groups excluding carboxylic acids is 2. The Kier molecular flexibility index (Phi) is 5.32. The lowest BCUT2D eigenvalue weighted by molar-refractivity contribution is 0.0954. The molecular formula is C24H18FN3O3. The largest absolute Gasteiger partial charge is 0.508 e. The van der Waals surface area contributed by atoms with Gasteiger partial charge >= 0.3 is 0 Å². The number of phenols is 1. The number of amides is 1. The molecule has 0 saturated heterocycles. The second-order valence-corrected chi connectivity index (χ2v) is 6.93. The molecule has 154 valence electrons. The number of rotatable bonds is 5. The van der Waals surface area contributed by atoms with Crippen molar-refractivity contribution in [3.05, 3.63) is 107 Å². The van der Waals surface area contributed by atoms with Crippen molar-refractivity contribution in [1.82, 2.24) is 9.83 Å². The molecule has 4 aromatic rings. The number of halogens is 1. The van der Waals surface area contributed by atoms with E-state index in [9.17, 15) is 19.1 Å². The number of hydrogen-bond acceptors (Lipinski definition) is 4. The lowest BCUT2D eigenvalue weighted by Gasteiger charge is -2.04. The Morgan fingerprint density at radius 3 is 2.39 bits per heavy atom. The Bertz CT molecular complexity index is 1310. The van der Waals surface area contributed by atoms with Gasteiger partial charge in [-0.25, -0.2) is 9.82 Å². The van der Waals surface area contributed by atoms with Crippen molar-refractivity contribution in [3.63, 3.8) is 0 Å². The summed E-state index contributed by atoms with van der Waals surface area (Å²) >= 11 is 0. The van der Waals surface area contributed by atoms with Gasteiger partial charge in [-0.05, 0) is 73.2 Å². The van der Waals surface area contributed by atoms with E-state index in [0.29, 0.717) is 27.9 Å². The molecule has 0 saturated carbocycles. The monoisotopic (exact) mass is 415 g/mol. The first-order valence-electron chi connectivity index (χ1n) is 9.48. The third-order valence-electron chi connectivity index (χ3n) is 4.95. The summed E-state index contributed by atoms with van der Waals surface area (Å²) in [7, 11) is 0. The number of hydrazone groups is 1. The van der Waals surface area contributed by atoms with Crippen LogP contribution < -0.4 is 5.43 Å². The van der Waals surface area contributed by atoms with Crippen LogP contribution >= 0.6 is 0 Å². The molecule has 0 fully saturated rings. The van der Waals surface area contributed by atoms with E-state index >= 15 is 0 Å². The molecule has 2 aromatic heterocycles. The number of pyridine rings is 1. The zero-order chi connectivity index (χ0) is 22.0. The Hall–Kier alpha value is -4.26. The van der Waals surface area contributed by atoms with Gasteiger partial charge in [-0.2, -0.15) is 5.10 Å². The predicted octanol–water partition coefficient (Wildman–Crippen LogP) is 4.09. The third kappa shape index (κ3) is 3.93. The maximum absolute atomic E-state index is 13.3. The number of nitrogens with zero attached hydrogens (tertiary/aromatic N) is 2. The quantitative estimate of drug-likeness (QED) is 0.293. The molecule has 4 rings (SSSR count). The normalized spacial score (nSPS) is 11.2. The number of carbonyl (C=O) groups is 2. The number of phenolic OH excluding ortho intramolecular Hbond substituents is 1. The van der Waals surface area contributed by atoms with E-state index < -0.39 is 11.7 Å². The molecule has 0 atom stereocenters. The summed E-state index contributed by atoms with van der Waals surface area (Å²) in [5.41, 5.74) is 5.71. The summed E-state index contributed by atoms with van der Waals surface area (Å²) in [6.45, 7) is 1.80. The lowest BCUT2D eigenvalue weighted by atomic mass is 10.0. The number of aromatic nitrogens is 1. The summed E-state index contributed by atoms with van der Waals surface area (Å²) < 4.78 is 15.0. The van der Waals surface area contributed by atoms with Crippen LogP contribution in [0.5, 0.6) is 5.75 Å². The van der Waals surface area contributed by atoms with Crippen LogP contribution in [-0.4, -0.2) is 27.4 Å². The topological polar surface area (TPSA) is 83.2 Å². The molecular weight excluding hydrogens is 397 g/mol. The van der Waals surface area contributed by atoms with Crippen molar-refractivity contribution >= 4 is 23.4 Å². The smallest absolute Gasteiger partial charge is 0.271 e. The number of benzene rings is 2. The molecule has 1 amide bonds. The Morgan fingerprint density at radius 2 is 1.68 bits per heavy atom. The van der Waals surface area contributed by atoms with E-state index in [1.807, 2.05) is 12.1 Å². The minimum Gasteiger partial charge on any atom is -0.508 e. The van der Waals surface area contributed by atoms with Crippen molar-refractivity contribution < 1.29 is 19.1 Å². The maximum Gasteiger partial charge on any atom is 0.271 e. The maximum atomic E-state index is 13.3. The lowest BCUT2D eigenvalue weighted by Crippen LogP contribution is -2.17. The average molecular weight is 415 g/mol. The fourth-order valence-corrected chi connectivity index (χ4v) is 3.37. The van der Waals surface area contributed by atoms with Crippen LogP contribution in [0.15, 0.2) is 78.0 Å². The molecule has 0 spiro atoms. The third-order valence-corrected chi connectivity index (χ3v) is 4.95. The molecule has 2 N–H and O–H groups in total. The van der Waals surface area contributed by atoms with Crippen LogP contribution in [-0.2, 0) is 0 Å². The van der Waals surface area contributed by atoms with Crippen LogP contribution in [0.4, 0.5) is 4.39 Å². The van der Waals surface area contributed by atoms with E-state index in [0.717, 1.165) is 5.52 Å². The zero-order valence-electron chi connectivity index (χ0n) is 16.5. The molecule has 7 heteroatoms. The van der Waals surface area contributed by atoms with Gasteiger partial charge in [0.15, 0.2) is 0 Å². The summed E-state index contributed by atoms with van der Waals surface area (Å²) in [4.78, 5) is 25.3. The van der Waals surface area contributed by atoms with Crippen molar-refractivity contribution in [3.8, 4) is 5.75 Å². The number of hydrogen-bond donors (Lipinski definition) is 2. The summed E-state index contributed by atoms with van der Waals surface area (Å²) in [5.74, 6) is -1.02. The molecule has 0 bridgehead atoms. The second-order valence-electron chi connectivity index (χ2n) is 6.93. The average Bonchev–Trinajstić information content (AvgIpc) is 3.05. The molecule has 2 aromatic carbocycles. The minimum atomic E-state index is -0.431. The molecule has 0 aliphatic heterocycles. The van der Waals surface area contributed by atoms with E-state index in [-0.39, 0.29) is 11.5 Å². The molecule has 0 unspecified atom stereocenters. The summed E-state index contributed by atoms with van der Waals surface area (Å²) in [6.07, 6.45) is 3.26. The van der Waals surface area contributed by atoms with Gasteiger partial charge in [-0.1, -0.05) is 6.07 Å². The SMILES string of the molecule is Cc1c(/C=N\NC(=O)c2ccc(O)cc2)c2ccccn2c1C(=O)c1ccc(F)cc1. The van der Waals surface area contributed by atoms with Gasteiger partial charge in [0.05, 0.1) is 17.4 Å². The van der Waals surface area contributed by atoms with Crippen molar-refractivity contribution in [1.29, 1.82) is 0 Å². The first-order chi connectivity index (χ1) is 15.0. The van der Waals surface area contributed by atoms with Crippen LogP contribution in [0, 0.1) is 12.7 Å². The first-order valence-corrected chi connectivity index (χ1v) is 9.48. The van der Waals surface area contributed by atoms with Gasteiger partial charge in [0.25, 0.3) is 5.91 Å². The van der Waals surface area contributed by atoms with E-state index in [4.69, 9.17) is 0 Å². The molecule has 2 heterocycles. The highest BCUT2D eigenvalue weighted by atomic mass is 19.1. The summed E-state index contributed by atoms with van der Waals surface area (Å²) in [5, 5.41) is 13.4. The Morgan fingerprint density at radius 1 is 1.00 bits per heavy atom. The number of aromatic hydroxyl groups is 1. The molecule has 31 heavy (non-hydrogen) atoms. The van der Waals surface area contributed by atoms with Gasteiger partial charge < -0.3 is 9.51 Å². The van der Waals surface area contributed by atoms with Crippen LogP contribution in [0.3, 0.4) is 0 Å².